The minimum absolute atomic E-state index is 0.0498. The van der Waals surface area contributed by atoms with Crippen LogP contribution in [0, 0.1) is 0 Å². The van der Waals surface area contributed by atoms with Gasteiger partial charge in [-0.25, -0.2) is 0 Å². The average Bonchev–Trinajstić information content (AvgIpc) is 3.34. The van der Waals surface area contributed by atoms with Crippen LogP contribution < -0.4 is 0 Å². The second-order valence-electron chi connectivity index (χ2n) is 17.7. The summed E-state index contributed by atoms with van der Waals surface area (Å²) < 4.78 is 17.4. The van der Waals surface area contributed by atoms with Gasteiger partial charge in [0.05, 0.1) is 6.61 Å². The molecular weight excluding hydrogens is 837 g/mol. The van der Waals surface area contributed by atoms with Crippen LogP contribution in [0.25, 0.3) is 0 Å². The Morgan fingerprint density at radius 3 is 1.00 bits per heavy atom. The maximum absolute atomic E-state index is 12.9. The van der Waals surface area contributed by atoms with Gasteiger partial charge in [0.15, 0.2) is 6.10 Å². The van der Waals surface area contributed by atoms with Crippen LogP contribution in [0.4, 0.5) is 0 Å². The largest absolute Gasteiger partial charge is 0.462 e. The van der Waals surface area contributed by atoms with E-state index in [-0.39, 0.29) is 25.2 Å². The first-order chi connectivity index (χ1) is 33.6. The highest BCUT2D eigenvalue weighted by atomic mass is 16.6. The molecule has 384 valence electrons. The average molecular weight is 940 g/mol. The van der Waals surface area contributed by atoms with Crippen molar-refractivity contribution in [3.8, 4) is 0 Å². The smallest absolute Gasteiger partial charge is 0.306 e. The maximum Gasteiger partial charge on any atom is 0.306 e. The van der Waals surface area contributed by atoms with Crippen LogP contribution >= 0.6 is 0 Å². The Morgan fingerprint density at radius 2 is 0.618 bits per heavy atom. The van der Waals surface area contributed by atoms with Crippen LogP contribution in [0.5, 0.6) is 0 Å². The summed E-state index contributed by atoms with van der Waals surface area (Å²) in [6, 6.07) is 0. The van der Waals surface area contributed by atoms with Gasteiger partial charge < -0.3 is 14.2 Å². The molecule has 0 spiro atoms. The van der Waals surface area contributed by atoms with E-state index in [1.807, 2.05) is 0 Å². The van der Waals surface area contributed by atoms with Crippen LogP contribution in [-0.4, -0.2) is 37.9 Å². The summed E-state index contributed by atoms with van der Waals surface area (Å²) in [7, 11) is 0. The zero-order chi connectivity index (χ0) is 49.2. The lowest BCUT2D eigenvalue weighted by Gasteiger charge is -2.18. The van der Waals surface area contributed by atoms with E-state index in [0.29, 0.717) is 19.4 Å². The molecule has 0 heterocycles. The van der Waals surface area contributed by atoms with Gasteiger partial charge in [0, 0.05) is 19.4 Å². The Morgan fingerprint density at radius 1 is 0.324 bits per heavy atom. The molecular formula is C63H102O5. The van der Waals surface area contributed by atoms with Gasteiger partial charge in [0.2, 0.25) is 0 Å². The van der Waals surface area contributed by atoms with E-state index in [1.54, 1.807) is 0 Å². The molecule has 68 heavy (non-hydrogen) atoms. The van der Waals surface area contributed by atoms with Crippen LogP contribution in [0.1, 0.15) is 226 Å². The van der Waals surface area contributed by atoms with Gasteiger partial charge in [-0.2, -0.15) is 0 Å². The van der Waals surface area contributed by atoms with E-state index >= 15 is 0 Å². The van der Waals surface area contributed by atoms with Crippen molar-refractivity contribution in [1.29, 1.82) is 0 Å². The molecule has 0 rings (SSSR count). The van der Waals surface area contributed by atoms with Gasteiger partial charge in [-0.3, -0.25) is 9.59 Å². The van der Waals surface area contributed by atoms with Crippen LogP contribution in [0.2, 0.25) is 0 Å². The molecule has 0 fully saturated rings. The van der Waals surface area contributed by atoms with Gasteiger partial charge in [-0.15, -0.1) is 0 Å². The minimum atomic E-state index is -0.573. The number of ether oxygens (including phenoxy) is 3. The zero-order valence-corrected chi connectivity index (χ0v) is 44.1. The molecule has 0 aliphatic rings. The quantitative estimate of drug-likeness (QED) is 0.0345. The Kier molecular flexibility index (Phi) is 54.0. The van der Waals surface area contributed by atoms with Gasteiger partial charge in [-0.1, -0.05) is 219 Å². The van der Waals surface area contributed by atoms with Crippen molar-refractivity contribution in [2.24, 2.45) is 0 Å². The first-order valence-corrected chi connectivity index (χ1v) is 27.7. The molecule has 0 aliphatic carbocycles. The molecule has 0 aromatic rings. The number of carbonyl (C=O) groups is 2. The molecule has 0 bridgehead atoms. The Bertz CT molecular complexity index is 1430. The van der Waals surface area contributed by atoms with E-state index < -0.39 is 6.10 Å². The van der Waals surface area contributed by atoms with Crippen molar-refractivity contribution in [2.45, 2.75) is 232 Å². The summed E-state index contributed by atoms with van der Waals surface area (Å²) in [6.45, 7) is 7.41. The number of carbonyl (C=O) groups excluding carboxylic acids is 2. The molecule has 1 atom stereocenters. The standard InChI is InChI=1S/C63H102O5/c1-4-7-10-13-16-19-22-25-28-31-32-34-35-38-41-44-47-50-53-56-62(64)67-60-61(59-66-58-55-52-49-46-43-40-37-30-27-24-21-18-15-12-9-6-3)68-63(65)57-54-51-48-45-42-39-36-33-29-26-23-20-17-14-11-8-5-2/h7-12,16-21,25-30,32,34,38,41,61H,4-6,13-15,22-24,31,33,35-37,39-40,42-60H2,1-3H3/b10-7-,11-8-,12-9-,19-16-,20-17-,21-18-,28-25-,29-26-,30-27-,34-32-,41-38-. The van der Waals surface area contributed by atoms with Gasteiger partial charge in [0.25, 0.3) is 0 Å². The lowest BCUT2D eigenvalue weighted by Crippen LogP contribution is -2.30. The van der Waals surface area contributed by atoms with Crippen molar-refractivity contribution in [1.82, 2.24) is 0 Å². The monoisotopic (exact) mass is 939 g/mol. The molecule has 0 amide bonds. The molecule has 0 saturated carbocycles. The molecule has 5 heteroatoms. The molecule has 0 N–H and O–H groups in total. The number of rotatable bonds is 49. The predicted octanol–water partition coefficient (Wildman–Crippen LogP) is 19.1. The molecule has 5 nitrogen and oxygen atoms in total. The van der Waals surface area contributed by atoms with Crippen LogP contribution in [0.15, 0.2) is 134 Å². The topological polar surface area (TPSA) is 61.8 Å². The Labute approximate surface area is 419 Å². The van der Waals surface area contributed by atoms with Gasteiger partial charge in [0.1, 0.15) is 6.61 Å². The second kappa shape index (κ2) is 57.4. The fraction of sp³-hybridized carbons (Fsp3) is 0.619. The summed E-state index contributed by atoms with van der Waals surface area (Å²) in [6.07, 6.45) is 81.8. The van der Waals surface area contributed by atoms with Crippen molar-refractivity contribution < 1.29 is 23.8 Å². The summed E-state index contributed by atoms with van der Waals surface area (Å²) in [5.41, 5.74) is 0. The summed E-state index contributed by atoms with van der Waals surface area (Å²) in [4.78, 5) is 25.5. The van der Waals surface area contributed by atoms with E-state index in [9.17, 15) is 9.59 Å². The number of esters is 2. The molecule has 0 radical (unpaired) electrons. The van der Waals surface area contributed by atoms with Gasteiger partial charge in [-0.05, 0) is 128 Å². The molecule has 1 unspecified atom stereocenters. The first kappa shape index (κ1) is 64.0. The van der Waals surface area contributed by atoms with Crippen LogP contribution in [0.3, 0.4) is 0 Å². The summed E-state index contributed by atoms with van der Waals surface area (Å²) in [5.74, 6) is -0.460. The summed E-state index contributed by atoms with van der Waals surface area (Å²) >= 11 is 0. The Hall–Kier alpha value is -3.96. The third kappa shape index (κ3) is 54.6. The molecule has 0 aliphatic heterocycles. The van der Waals surface area contributed by atoms with Crippen molar-refractivity contribution in [3.05, 3.63) is 134 Å². The number of hydrogen-bond donors (Lipinski definition) is 0. The van der Waals surface area contributed by atoms with Crippen molar-refractivity contribution in [2.75, 3.05) is 19.8 Å². The molecule has 0 aromatic heterocycles. The van der Waals surface area contributed by atoms with Gasteiger partial charge >= 0.3 is 11.9 Å². The van der Waals surface area contributed by atoms with E-state index in [1.165, 1.54) is 51.4 Å². The molecule has 0 aromatic carbocycles. The lowest BCUT2D eigenvalue weighted by molar-refractivity contribution is -0.163. The van der Waals surface area contributed by atoms with Crippen molar-refractivity contribution >= 4 is 11.9 Å². The zero-order valence-electron chi connectivity index (χ0n) is 44.1. The SMILES string of the molecule is CC/C=C\C/C=C\C/C=C\C/C=C\C/C=C\CCCCCC(=O)OCC(COCCCCCCCC/C=C\C/C=C\C/C=C\CC)OC(=O)CCCCCCCCC/C=C\C/C=C\C/C=C\CC. The normalized spacial score (nSPS) is 13.3. The highest BCUT2D eigenvalue weighted by Crippen LogP contribution is 2.13. The molecule has 0 saturated heterocycles. The lowest BCUT2D eigenvalue weighted by atomic mass is 10.1. The van der Waals surface area contributed by atoms with E-state index in [2.05, 4.69) is 154 Å². The highest BCUT2D eigenvalue weighted by Gasteiger charge is 2.17. The first-order valence-electron chi connectivity index (χ1n) is 27.7. The van der Waals surface area contributed by atoms with E-state index in [0.717, 1.165) is 141 Å². The minimum Gasteiger partial charge on any atom is -0.462 e. The highest BCUT2D eigenvalue weighted by molar-refractivity contribution is 5.70. The van der Waals surface area contributed by atoms with Crippen LogP contribution in [-0.2, 0) is 23.8 Å². The Balaban J connectivity index is 4.41. The number of hydrogen-bond acceptors (Lipinski definition) is 5. The third-order valence-corrected chi connectivity index (χ3v) is 11.2. The third-order valence-electron chi connectivity index (χ3n) is 11.2. The van der Waals surface area contributed by atoms with E-state index in [4.69, 9.17) is 14.2 Å². The predicted molar refractivity (Wildman–Crippen MR) is 297 cm³/mol. The maximum atomic E-state index is 12.9. The number of allylic oxidation sites excluding steroid dienone is 22. The fourth-order valence-corrected chi connectivity index (χ4v) is 7.15. The number of unbranched alkanes of at least 4 members (excludes halogenated alkanes) is 16. The second-order valence-corrected chi connectivity index (χ2v) is 17.7. The fourth-order valence-electron chi connectivity index (χ4n) is 7.15. The van der Waals surface area contributed by atoms with Crippen molar-refractivity contribution in [3.63, 3.8) is 0 Å². The summed E-state index contributed by atoms with van der Waals surface area (Å²) in [5, 5.41) is 0.